The van der Waals surface area contributed by atoms with Crippen LogP contribution in [-0.4, -0.2) is 12.7 Å². The van der Waals surface area contributed by atoms with Crippen molar-refractivity contribution in [2.24, 2.45) is 0 Å². The zero-order valence-corrected chi connectivity index (χ0v) is 11.4. The van der Waals surface area contributed by atoms with Gasteiger partial charge in [-0.05, 0) is 35.9 Å². The minimum atomic E-state index is 0.117. The van der Waals surface area contributed by atoms with Crippen LogP contribution in [-0.2, 0) is 6.42 Å². The summed E-state index contributed by atoms with van der Waals surface area (Å²) in [6.45, 7) is 0.580. The largest absolute Gasteiger partial charge is 0.490 e. The summed E-state index contributed by atoms with van der Waals surface area (Å²) in [7, 11) is 0. The number of hydrogen-bond donors (Lipinski definition) is 0. The molecule has 3 rings (SSSR count). The summed E-state index contributed by atoms with van der Waals surface area (Å²) in [6.07, 6.45) is 1.04. The standard InChI is InChI=1S/C15H13BrO2/c16-12-5-7-13(8-6-12)17-10-14-9-11-3-1-2-4-15(11)18-14/h1-8,14H,9-10H2. The average molecular weight is 305 g/mol. The van der Waals surface area contributed by atoms with Gasteiger partial charge in [-0.2, -0.15) is 0 Å². The molecule has 1 unspecified atom stereocenters. The third-order valence-electron chi connectivity index (χ3n) is 2.96. The van der Waals surface area contributed by atoms with Crippen molar-refractivity contribution in [2.75, 3.05) is 6.61 Å². The summed E-state index contributed by atoms with van der Waals surface area (Å²) >= 11 is 3.40. The van der Waals surface area contributed by atoms with Crippen LogP contribution in [0.15, 0.2) is 53.0 Å². The number of halogens is 1. The summed E-state index contributed by atoms with van der Waals surface area (Å²) in [5.74, 6) is 1.86. The van der Waals surface area contributed by atoms with Crippen LogP contribution >= 0.6 is 15.9 Å². The maximum Gasteiger partial charge on any atom is 0.137 e. The third kappa shape index (κ3) is 2.51. The van der Waals surface area contributed by atoms with E-state index in [1.807, 2.05) is 42.5 Å². The maximum atomic E-state index is 5.82. The Kier molecular flexibility index (Phi) is 3.24. The lowest BCUT2D eigenvalue weighted by Crippen LogP contribution is -2.22. The quantitative estimate of drug-likeness (QED) is 0.858. The molecule has 0 N–H and O–H groups in total. The van der Waals surface area contributed by atoms with Crippen molar-refractivity contribution in [3.63, 3.8) is 0 Å². The Labute approximate surface area is 115 Å². The monoisotopic (exact) mass is 304 g/mol. The lowest BCUT2D eigenvalue weighted by Gasteiger charge is -2.12. The molecule has 2 aromatic rings. The van der Waals surface area contributed by atoms with Gasteiger partial charge < -0.3 is 9.47 Å². The molecule has 1 atom stereocenters. The zero-order valence-electron chi connectivity index (χ0n) is 9.80. The van der Waals surface area contributed by atoms with Gasteiger partial charge in [0, 0.05) is 10.9 Å². The summed E-state index contributed by atoms with van der Waals surface area (Å²) in [5.41, 5.74) is 1.27. The second-order valence-electron chi connectivity index (χ2n) is 4.32. The van der Waals surface area contributed by atoms with Gasteiger partial charge in [-0.3, -0.25) is 0 Å². The number of benzene rings is 2. The molecule has 3 heteroatoms. The summed E-state index contributed by atoms with van der Waals surface area (Å²) in [4.78, 5) is 0. The van der Waals surface area contributed by atoms with Crippen molar-refractivity contribution in [3.8, 4) is 11.5 Å². The van der Waals surface area contributed by atoms with Gasteiger partial charge in [0.1, 0.15) is 24.2 Å². The molecule has 18 heavy (non-hydrogen) atoms. The minimum Gasteiger partial charge on any atom is -0.490 e. The molecule has 1 heterocycles. The first kappa shape index (κ1) is 11.6. The highest BCUT2D eigenvalue weighted by Crippen LogP contribution is 2.28. The van der Waals surface area contributed by atoms with Crippen LogP contribution in [0.1, 0.15) is 5.56 Å². The highest BCUT2D eigenvalue weighted by Gasteiger charge is 2.22. The molecule has 0 aliphatic carbocycles. The predicted octanol–water partition coefficient (Wildman–Crippen LogP) is 3.83. The molecular weight excluding hydrogens is 292 g/mol. The van der Waals surface area contributed by atoms with E-state index >= 15 is 0 Å². The van der Waals surface area contributed by atoms with Gasteiger partial charge in [0.05, 0.1) is 0 Å². The highest BCUT2D eigenvalue weighted by atomic mass is 79.9. The predicted molar refractivity (Wildman–Crippen MR) is 74.2 cm³/mol. The van der Waals surface area contributed by atoms with Crippen LogP contribution in [0.3, 0.4) is 0 Å². The van der Waals surface area contributed by atoms with E-state index in [1.165, 1.54) is 5.56 Å². The van der Waals surface area contributed by atoms with Crippen LogP contribution in [0.4, 0.5) is 0 Å². The smallest absolute Gasteiger partial charge is 0.137 e. The molecule has 0 saturated carbocycles. The van der Waals surface area contributed by atoms with E-state index in [0.717, 1.165) is 22.4 Å². The molecule has 2 nitrogen and oxygen atoms in total. The molecule has 92 valence electrons. The molecule has 0 saturated heterocycles. The van der Waals surface area contributed by atoms with Crippen molar-refractivity contribution in [1.29, 1.82) is 0 Å². The van der Waals surface area contributed by atoms with E-state index < -0.39 is 0 Å². The minimum absolute atomic E-state index is 0.117. The average Bonchev–Trinajstić information content (AvgIpc) is 2.81. The van der Waals surface area contributed by atoms with Gasteiger partial charge >= 0.3 is 0 Å². The normalized spacial score (nSPS) is 17.1. The third-order valence-corrected chi connectivity index (χ3v) is 3.49. The number of ether oxygens (including phenoxy) is 2. The van der Waals surface area contributed by atoms with E-state index in [-0.39, 0.29) is 6.10 Å². The van der Waals surface area contributed by atoms with Crippen LogP contribution in [0, 0.1) is 0 Å². The van der Waals surface area contributed by atoms with E-state index in [2.05, 4.69) is 22.0 Å². The van der Waals surface area contributed by atoms with Crippen LogP contribution < -0.4 is 9.47 Å². The molecule has 0 aromatic heterocycles. The van der Waals surface area contributed by atoms with Crippen molar-refractivity contribution >= 4 is 15.9 Å². The van der Waals surface area contributed by atoms with Crippen LogP contribution in [0.5, 0.6) is 11.5 Å². The van der Waals surface area contributed by atoms with Gasteiger partial charge in [0.25, 0.3) is 0 Å². The Bertz CT molecular complexity index is 511. The Morgan fingerprint density at radius 3 is 2.67 bits per heavy atom. The van der Waals surface area contributed by atoms with E-state index in [9.17, 15) is 0 Å². The van der Waals surface area contributed by atoms with Crippen molar-refractivity contribution < 1.29 is 9.47 Å². The number of rotatable bonds is 3. The number of para-hydroxylation sites is 1. The molecular formula is C15H13BrO2. The molecule has 0 amide bonds. The molecule has 0 fully saturated rings. The van der Waals surface area contributed by atoms with Crippen molar-refractivity contribution in [3.05, 3.63) is 58.6 Å². The van der Waals surface area contributed by atoms with Crippen LogP contribution in [0.2, 0.25) is 0 Å². The van der Waals surface area contributed by atoms with Gasteiger partial charge in [0.15, 0.2) is 0 Å². The maximum absolute atomic E-state index is 5.82. The topological polar surface area (TPSA) is 18.5 Å². The van der Waals surface area contributed by atoms with Crippen LogP contribution in [0.25, 0.3) is 0 Å². The Morgan fingerprint density at radius 1 is 1.11 bits per heavy atom. The number of fused-ring (bicyclic) bond motifs is 1. The van der Waals surface area contributed by atoms with Crippen molar-refractivity contribution in [1.82, 2.24) is 0 Å². The Morgan fingerprint density at radius 2 is 1.89 bits per heavy atom. The van der Waals surface area contributed by atoms with Gasteiger partial charge in [-0.15, -0.1) is 0 Å². The Hall–Kier alpha value is -1.48. The molecule has 0 spiro atoms. The molecule has 2 aromatic carbocycles. The Balaban J connectivity index is 1.58. The number of hydrogen-bond acceptors (Lipinski definition) is 2. The highest BCUT2D eigenvalue weighted by molar-refractivity contribution is 9.10. The first-order valence-corrected chi connectivity index (χ1v) is 6.73. The molecule has 1 aliphatic rings. The lowest BCUT2D eigenvalue weighted by molar-refractivity contribution is 0.148. The summed E-state index contributed by atoms with van der Waals surface area (Å²) in [5, 5.41) is 0. The fourth-order valence-corrected chi connectivity index (χ4v) is 2.33. The van der Waals surface area contributed by atoms with Crippen molar-refractivity contribution in [2.45, 2.75) is 12.5 Å². The zero-order chi connectivity index (χ0) is 12.4. The first-order valence-electron chi connectivity index (χ1n) is 5.94. The fourth-order valence-electron chi connectivity index (χ4n) is 2.07. The van der Waals surface area contributed by atoms with Gasteiger partial charge in [-0.1, -0.05) is 34.1 Å². The van der Waals surface area contributed by atoms with Gasteiger partial charge in [0.2, 0.25) is 0 Å². The molecule has 0 bridgehead atoms. The van der Waals surface area contributed by atoms with Gasteiger partial charge in [-0.25, -0.2) is 0 Å². The lowest BCUT2D eigenvalue weighted by atomic mass is 10.1. The molecule has 0 radical (unpaired) electrons. The molecule has 1 aliphatic heterocycles. The SMILES string of the molecule is Brc1ccc(OCC2Cc3ccccc3O2)cc1. The summed E-state index contributed by atoms with van der Waals surface area (Å²) < 4.78 is 12.6. The second kappa shape index (κ2) is 5.02. The fraction of sp³-hybridized carbons (Fsp3) is 0.200. The second-order valence-corrected chi connectivity index (χ2v) is 5.23. The van der Waals surface area contributed by atoms with E-state index in [0.29, 0.717) is 6.61 Å². The first-order chi connectivity index (χ1) is 8.81. The van der Waals surface area contributed by atoms with E-state index in [1.54, 1.807) is 0 Å². The summed E-state index contributed by atoms with van der Waals surface area (Å²) in [6, 6.07) is 16.0. The van der Waals surface area contributed by atoms with E-state index in [4.69, 9.17) is 9.47 Å².